The second kappa shape index (κ2) is 7.85. The van der Waals surface area contributed by atoms with Gasteiger partial charge in [0.2, 0.25) is 11.8 Å². The second-order valence-corrected chi connectivity index (χ2v) is 7.97. The van der Waals surface area contributed by atoms with Crippen molar-refractivity contribution in [3.63, 3.8) is 0 Å². The van der Waals surface area contributed by atoms with E-state index in [9.17, 15) is 10.4 Å². The summed E-state index contributed by atoms with van der Waals surface area (Å²) >= 11 is 0. The smallest absolute Gasteiger partial charge is 0.227 e. The number of rotatable bonds is 5. The zero-order valence-electron chi connectivity index (χ0n) is 17.9. The number of ether oxygens (including phenoxy) is 1. The highest BCUT2D eigenvalue weighted by Crippen LogP contribution is 2.41. The van der Waals surface area contributed by atoms with Crippen LogP contribution in [0.15, 0.2) is 30.5 Å². The molecule has 2 aromatic heterocycles. The third-order valence-corrected chi connectivity index (χ3v) is 5.66. The van der Waals surface area contributed by atoms with Crippen LogP contribution in [0, 0.1) is 25.2 Å². The van der Waals surface area contributed by atoms with Gasteiger partial charge in [-0.25, -0.2) is 15.0 Å². The summed E-state index contributed by atoms with van der Waals surface area (Å²) in [5.74, 6) is 1.01. The van der Waals surface area contributed by atoms with Gasteiger partial charge in [0.15, 0.2) is 0 Å². The molecular formula is C23H24N6O2. The summed E-state index contributed by atoms with van der Waals surface area (Å²) in [6.07, 6.45) is 1.67. The zero-order chi connectivity index (χ0) is 22.2. The minimum atomic E-state index is -0.450. The SMILES string of the molecule is COc1nc(C)c(Nc2nccc(-c3cc(C#N)c4c(c3)[C@@](C)(CO)CN4)n2)cc1C. The van der Waals surface area contributed by atoms with Crippen molar-refractivity contribution in [1.29, 1.82) is 5.26 Å². The molecule has 3 N–H and O–H groups in total. The molecule has 0 unspecified atom stereocenters. The molecule has 0 spiro atoms. The monoisotopic (exact) mass is 416 g/mol. The van der Waals surface area contributed by atoms with Crippen LogP contribution < -0.4 is 15.4 Å². The van der Waals surface area contributed by atoms with Crippen molar-refractivity contribution in [3.8, 4) is 23.2 Å². The number of anilines is 3. The average Bonchev–Trinajstić information content (AvgIpc) is 3.13. The molecule has 1 aromatic carbocycles. The Kier molecular flexibility index (Phi) is 5.21. The van der Waals surface area contributed by atoms with Crippen LogP contribution in [0.25, 0.3) is 11.3 Å². The molecule has 0 bridgehead atoms. The Morgan fingerprint density at radius 1 is 1.29 bits per heavy atom. The van der Waals surface area contributed by atoms with Gasteiger partial charge in [0.1, 0.15) is 6.07 Å². The van der Waals surface area contributed by atoms with Crippen LogP contribution in [0.1, 0.15) is 29.3 Å². The number of methoxy groups -OCH3 is 1. The number of hydrogen-bond acceptors (Lipinski definition) is 8. The average molecular weight is 416 g/mol. The largest absolute Gasteiger partial charge is 0.481 e. The number of nitriles is 1. The number of nitrogens with one attached hydrogen (secondary N) is 2. The van der Waals surface area contributed by atoms with E-state index in [2.05, 4.69) is 31.7 Å². The van der Waals surface area contributed by atoms with E-state index in [-0.39, 0.29) is 6.61 Å². The van der Waals surface area contributed by atoms with Crippen molar-refractivity contribution in [1.82, 2.24) is 15.0 Å². The Morgan fingerprint density at radius 2 is 2.10 bits per heavy atom. The van der Waals surface area contributed by atoms with Crippen molar-refractivity contribution >= 4 is 17.3 Å². The van der Waals surface area contributed by atoms with Crippen LogP contribution in [0.2, 0.25) is 0 Å². The minimum absolute atomic E-state index is 0.0129. The molecular weight excluding hydrogens is 392 g/mol. The molecule has 0 amide bonds. The highest BCUT2D eigenvalue weighted by Gasteiger charge is 2.35. The molecule has 1 aliphatic heterocycles. The summed E-state index contributed by atoms with van der Waals surface area (Å²) in [6.45, 7) is 6.35. The molecule has 3 heterocycles. The van der Waals surface area contributed by atoms with Crippen molar-refractivity contribution in [2.24, 2.45) is 0 Å². The van der Waals surface area contributed by atoms with Gasteiger partial charge in [0.05, 0.1) is 42.0 Å². The lowest BCUT2D eigenvalue weighted by molar-refractivity contribution is 0.219. The Hall–Kier alpha value is -3.70. The maximum atomic E-state index is 9.92. The minimum Gasteiger partial charge on any atom is -0.481 e. The van der Waals surface area contributed by atoms with Crippen molar-refractivity contribution in [2.75, 3.05) is 30.9 Å². The summed E-state index contributed by atoms with van der Waals surface area (Å²) in [5.41, 5.74) is 5.72. The van der Waals surface area contributed by atoms with E-state index < -0.39 is 5.41 Å². The van der Waals surface area contributed by atoms with E-state index in [1.807, 2.05) is 39.0 Å². The van der Waals surface area contributed by atoms with E-state index in [0.717, 1.165) is 33.8 Å². The fourth-order valence-electron chi connectivity index (χ4n) is 3.78. The molecule has 0 saturated heterocycles. The fourth-order valence-corrected chi connectivity index (χ4v) is 3.78. The molecule has 0 radical (unpaired) electrons. The fraction of sp³-hybridized carbons (Fsp3) is 0.304. The summed E-state index contributed by atoms with van der Waals surface area (Å²) < 4.78 is 5.27. The van der Waals surface area contributed by atoms with Crippen LogP contribution in [0.5, 0.6) is 5.88 Å². The number of pyridine rings is 1. The summed E-state index contributed by atoms with van der Waals surface area (Å²) in [4.78, 5) is 13.4. The lowest BCUT2D eigenvalue weighted by Gasteiger charge is -2.21. The quantitative estimate of drug-likeness (QED) is 0.579. The summed E-state index contributed by atoms with van der Waals surface area (Å²) in [6, 6.07) is 9.80. The van der Waals surface area contributed by atoms with Gasteiger partial charge < -0.3 is 20.5 Å². The molecule has 31 heavy (non-hydrogen) atoms. The molecule has 8 nitrogen and oxygen atoms in total. The first-order chi connectivity index (χ1) is 14.9. The molecule has 1 atom stereocenters. The van der Waals surface area contributed by atoms with Crippen molar-refractivity contribution in [3.05, 3.63) is 52.8 Å². The van der Waals surface area contributed by atoms with Crippen LogP contribution in [0.3, 0.4) is 0 Å². The lowest BCUT2D eigenvalue weighted by atomic mass is 9.83. The number of nitrogens with zero attached hydrogens (tertiary/aromatic N) is 4. The van der Waals surface area contributed by atoms with E-state index in [4.69, 9.17) is 4.74 Å². The molecule has 3 aromatic rings. The topological polar surface area (TPSA) is 116 Å². The van der Waals surface area contributed by atoms with Gasteiger partial charge in [-0.3, -0.25) is 0 Å². The molecule has 4 rings (SSSR count). The van der Waals surface area contributed by atoms with Crippen molar-refractivity contribution in [2.45, 2.75) is 26.2 Å². The van der Waals surface area contributed by atoms with E-state index >= 15 is 0 Å². The Morgan fingerprint density at radius 3 is 2.81 bits per heavy atom. The molecule has 0 saturated carbocycles. The lowest BCUT2D eigenvalue weighted by Crippen LogP contribution is -2.28. The first kappa shape index (κ1) is 20.6. The van der Waals surface area contributed by atoms with Crippen LogP contribution in [-0.4, -0.2) is 40.3 Å². The molecule has 0 aliphatic carbocycles. The first-order valence-corrected chi connectivity index (χ1v) is 9.94. The number of aliphatic hydroxyl groups excluding tert-OH is 1. The highest BCUT2D eigenvalue weighted by atomic mass is 16.5. The zero-order valence-corrected chi connectivity index (χ0v) is 17.9. The van der Waals surface area contributed by atoms with Gasteiger partial charge in [-0.15, -0.1) is 0 Å². The molecule has 1 aliphatic rings. The van der Waals surface area contributed by atoms with Crippen LogP contribution in [0.4, 0.5) is 17.3 Å². The van der Waals surface area contributed by atoms with Gasteiger partial charge in [0, 0.05) is 29.3 Å². The van der Waals surface area contributed by atoms with Gasteiger partial charge in [-0.2, -0.15) is 5.26 Å². The van der Waals surface area contributed by atoms with Crippen molar-refractivity contribution < 1.29 is 9.84 Å². The predicted molar refractivity (Wildman–Crippen MR) is 119 cm³/mol. The number of aryl methyl sites for hydroxylation is 2. The number of aliphatic hydroxyl groups is 1. The van der Waals surface area contributed by atoms with Crippen LogP contribution >= 0.6 is 0 Å². The summed E-state index contributed by atoms with van der Waals surface area (Å²) in [5, 5.41) is 26.1. The van der Waals surface area contributed by atoms with E-state index in [0.29, 0.717) is 29.6 Å². The standard InChI is InChI=1S/C23H24N6O2/c1-13-7-19(14(2)27-21(13)31-4)29-22-25-6-5-18(28-22)15-8-16(10-24)20-17(9-15)23(3,12-30)11-26-20/h5-9,26,30H,11-12H2,1-4H3,(H,25,28,29)/t23-/m1/s1. The third kappa shape index (κ3) is 3.64. The van der Waals surface area contributed by atoms with E-state index in [1.165, 1.54) is 0 Å². The van der Waals surface area contributed by atoms with Gasteiger partial charge in [0.25, 0.3) is 0 Å². The second-order valence-electron chi connectivity index (χ2n) is 7.97. The highest BCUT2D eigenvalue weighted by molar-refractivity contribution is 5.76. The third-order valence-electron chi connectivity index (χ3n) is 5.66. The van der Waals surface area contributed by atoms with Gasteiger partial charge in [-0.05, 0) is 43.7 Å². The summed E-state index contributed by atoms with van der Waals surface area (Å²) in [7, 11) is 1.60. The Balaban J connectivity index is 1.73. The predicted octanol–water partition coefficient (Wildman–Crippen LogP) is 3.45. The number of fused-ring (bicyclic) bond motifs is 1. The van der Waals surface area contributed by atoms with Gasteiger partial charge in [-0.1, -0.05) is 6.92 Å². The van der Waals surface area contributed by atoms with E-state index in [1.54, 1.807) is 19.4 Å². The number of benzene rings is 1. The Labute approximate surface area is 181 Å². The first-order valence-electron chi connectivity index (χ1n) is 9.94. The maximum absolute atomic E-state index is 9.92. The molecule has 158 valence electrons. The number of hydrogen-bond donors (Lipinski definition) is 3. The maximum Gasteiger partial charge on any atom is 0.227 e. The number of aromatic nitrogens is 3. The molecule has 8 heteroatoms. The normalized spacial score (nSPS) is 16.9. The van der Waals surface area contributed by atoms with Crippen LogP contribution in [-0.2, 0) is 5.41 Å². The molecule has 0 fully saturated rings. The Bertz CT molecular complexity index is 1200. The van der Waals surface area contributed by atoms with Gasteiger partial charge >= 0.3 is 0 Å².